The van der Waals surface area contributed by atoms with Crippen molar-refractivity contribution in [1.29, 1.82) is 0 Å². The van der Waals surface area contributed by atoms with Gasteiger partial charge in [0.15, 0.2) is 0 Å². The summed E-state index contributed by atoms with van der Waals surface area (Å²) in [5.74, 6) is -0.745. The fraction of sp³-hybridized carbons (Fsp3) is 0.400. The van der Waals surface area contributed by atoms with Gasteiger partial charge in [0.2, 0.25) is 0 Å². The van der Waals surface area contributed by atoms with Crippen molar-refractivity contribution in [1.82, 2.24) is 0 Å². The smallest absolute Gasteiger partial charge is 0.207 e. The van der Waals surface area contributed by atoms with Crippen molar-refractivity contribution in [2.24, 2.45) is 0 Å². The molecule has 1 aliphatic carbocycles. The van der Waals surface area contributed by atoms with Crippen LogP contribution in [0.2, 0.25) is 0 Å². The third-order valence-corrected chi connectivity index (χ3v) is 4.00. The Kier molecular flexibility index (Phi) is 2.73. The summed E-state index contributed by atoms with van der Waals surface area (Å²) in [4.78, 5) is -0.398. The molecule has 0 N–H and O–H groups in total. The highest BCUT2D eigenvalue weighted by Gasteiger charge is 2.20. The summed E-state index contributed by atoms with van der Waals surface area (Å²) in [7, 11) is 1.17. The van der Waals surface area contributed by atoms with Crippen LogP contribution in [-0.2, 0) is 21.9 Å². The van der Waals surface area contributed by atoms with Crippen molar-refractivity contribution >= 4 is 19.7 Å². The lowest BCUT2D eigenvalue weighted by Crippen LogP contribution is -2.06. The van der Waals surface area contributed by atoms with E-state index >= 15 is 0 Å². The van der Waals surface area contributed by atoms with E-state index in [-0.39, 0.29) is 0 Å². The normalized spacial score (nSPS) is 16.1. The van der Waals surface area contributed by atoms with E-state index < -0.39 is 19.8 Å². The van der Waals surface area contributed by atoms with E-state index in [1.807, 2.05) is 0 Å². The van der Waals surface area contributed by atoms with Gasteiger partial charge >= 0.3 is 0 Å². The molecule has 0 saturated heterocycles. The second-order valence-electron chi connectivity index (χ2n) is 3.70. The third-order valence-electron chi connectivity index (χ3n) is 2.66. The first-order valence-electron chi connectivity index (χ1n) is 4.74. The average molecular weight is 249 g/mol. The van der Waals surface area contributed by atoms with E-state index in [1.54, 1.807) is 0 Å². The predicted octanol–water partition coefficient (Wildman–Crippen LogP) is 2.63. The first-order valence-corrected chi connectivity index (χ1v) is 7.05. The molecule has 0 atom stereocenters. The van der Waals surface area contributed by atoms with Crippen molar-refractivity contribution in [3.05, 3.63) is 29.1 Å². The minimum atomic E-state index is -3.97. The van der Waals surface area contributed by atoms with Crippen molar-refractivity contribution < 1.29 is 12.8 Å². The van der Waals surface area contributed by atoms with Crippen LogP contribution in [0.5, 0.6) is 0 Å². The van der Waals surface area contributed by atoms with Crippen LogP contribution in [0.15, 0.2) is 17.0 Å². The summed E-state index contributed by atoms with van der Waals surface area (Å²) in [6.07, 6.45) is 3.66. The average Bonchev–Trinajstić information content (AvgIpc) is 2.15. The zero-order valence-electron chi connectivity index (χ0n) is 7.96. The molecule has 82 valence electrons. The molecule has 1 aromatic rings. The lowest BCUT2D eigenvalue weighted by atomic mass is 9.92. The zero-order chi connectivity index (χ0) is 11.1. The second-order valence-corrected chi connectivity index (χ2v) is 6.23. The Balaban J connectivity index is 2.60. The molecule has 0 amide bonds. The molecule has 0 spiro atoms. The van der Waals surface area contributed by atoms with Gasteiger partial charge in [-0.1, -0.05) is 0 Å². The van der Waals surface area contributed by atoms with Crippen molar-refractivity contribution in [3.63, 3.8) is 0 Å². The molecule has 2 rings (SSSR count). The molecule has 1 aliphatic rings. The van der Waals surface area contributed by atoms with Crippen LogP contribution in [0.25, 0.3) is 0 Å². The number of hydrogen-bond acceptors (Lipinski definition) is 2. The van der Waals surface area contributed by atoms with Crippen LogP contribution in [0.1, 0.15) is 24.0 Å². The van der Waals surface area contributed by atoms with E-state index in [9.17, 15) is 12.8 Å². The van der Waals surface area contributed by atoms with Crippen LogP contribution >= 0.6 is 10.7 Å². The molecule has 2 nitrogen and oxygen atoms in total. The third kappa shape index (κ3) is 2.16. The maximum Gasteiger partial charge on any atom is 0.264 e. The van der Waals surface area contributed by atoms with E-state index in [0.717, 1.165) is 36.8 Å². The van der Waals surface area contributed by atoms with E-state index in [4.69, 9.17) is 10.7 Å². The molecule has 0 fully saturated rings. The molecule has 1 aromatic carbocycles. The van der Waals surface area contributed by atoms with Gasteiger partial charge in [0.1, 0.15) is 10.7 Å². The molecule has 15 heavy (non-hydrogen) atoms. The fourth-order valence-corrected chi connectivity index (χ4v) is 2.85. The molecule has 0 unspecified atom stereocenters. The molecule has 0 bridgehead atoms. The second kappa shape index (κ2) is 3.76. The van der Waals surface area contributed by atoms with Gasteiger partial charge in [-0.15, -0.1) is 0 Å². The Morgan fingerprint density at radius 3 is 2.20 bits per heavy atom. The SMILES string of the molecule is O=S(=O)(Cl)c1cc2c(cc1F)CCCC2. The quantitative estimate of drug-likeness (QED) is 0.716. The molecule has 0 aromatic heterocycles. The number of rotatable bonds is 1. The summed E-state index contributed by atoms with van der Waals surface area (Å²) in [5.41, 5.74) is 1.81. The predicted molar refractivity (Wildman–Crippen MR) is 56.1 cm³/mol. The lowest BCUT2D eigenvalue weighted by molar-refractivity contribution is 0.568. The van der Waals surface area contributed by atoms with Gasteiger partial charge in [-0.3, -0.25) is 0 Å². The highest BCUT2D eigenvalue weighted by atomic mass is 35.7. The van der Waals surface area contributed by atoms with E-state index in [2.05, 4.69) is 0 Å². The van der Waals surface area contributed by atoms with Gasteiger partial charge in [0.25, 0.3) is 9.05 Å². The largest absolute Gasteiger partial charge is 0.264 e. The Hall–Kier alpha value is -0.610. The van der Waals surface area contributed by atoms with Gasteiger partial charge in [0, 0.05) is 10.7 Å². The molecule has 0 saturated carbocycles. The molecule has 0 aliphatic heterocycles. The molecule has 0 radical (unpaired) electrons. The van der Waals surface area contributed by atoms with Crippen LogP contribution in [-0.4, -0.2) is 8.42 Å². The number of hydrogen-bond donors (Lipinski definition) is 0. The first-order chi connectivity index (χ1) is 6.98. The minimum Gasteiger partial charge on any atom is -0.207 e. The van der Waals surface area contributed by atoms with E-state index in [0.29, 0.717) is 0 Å². The highest BCUT2D eigenvalue weighted by Crippen LogP contribution is 2.28. The van der Waals surface area contributed by atoms with Crippen LogP contribution in [0.4, 0.5) is 4.39 Å². The van der Waals surface area contributed by atoms with Gasteiger partial charge < -0.3 is 0 Å². The standard InChI is InChI=1S/C10H10ClFO2S/c11-15(13,14)10-6-8-4-2-1-3-7(8)5-9(10)12/h5-6H,1-4H2. The minimum absolute atomic E-state index is 0.398. The van der Waals surface area contributed by atoms with Crippen molar-refractivity contribution in [2.45, 2.75) is 30.6 Å². The summed E-state index contributed by atoms with van der Waals surface area (Å²) >= 11 is 0. The molecule has 0 heterocycles. The monoisotopic (exact) mass is 248 g/mol. The summed E-state index contributed by atoms with van der Waals surface area (Å²) in [6.45, 7) is 0. The van der Waals surface area contributed by atoms with E-state index in [1.165, 1.54) is 12.1 Å². The van der Waals surface area contributed by atoms with Gasteiger partial charge in [0.05, 0.1) is 0 Å². The maximum atomic E-state index is 13.4. The Bertz CT molecular complexity index is 496. The zero-order valence-corrected chi connectivity index (χ0v) is 9.54. The number of aryl methyl sites for hydroxylation is 2. The highest BCUT2D eigenvalue weighted by molar-refractivity contribution is 8.13. The summed E-state index contributed by atoms with van der Waals surface area (Å²) < 4.78 is 35.5. The number of benzene rings is 1. The Labute approximate surface area is 92.5 Å². The maximum absolute atomic E-state index is 13.4. The Morgan fingerprint density at radius 2 is 1.67 bits per heavy atom. The molecular formula is C10H10ClFO2S. The lowest BCUT2D eigenvalue weighted by Gasteiger charge is -2.16. The number of halogens is 2. The van der Waals surface area contributed by atoms with Crippen LogP contribution in [0.3, 0.4) is 0 Å². The topological polar surface area (TPSA) is 34.1 Å². The van der Waals surface area contributed by atoms with Crippen molar-refractivity contribution in [3.8, 4) is 0 Å². The summed E-state index contributed by atoms with van der Waals surface area (Å²) in [6, 6.07) is 2.66. The molecular weight excluding hydrogens is 239 g/mol. The van der Waals surface area contributed by atoms with Crippen LogP contribution in [0, 0.1) is 5.82 Å². The first kappa shape index (κ1) is 10.9. The van der Waals surface area contributed by atoms with Gasteiger partial charge in [-0.2, -0.15) is 0 Å². The van der Waals surface area contributed by atoms with Gasteiger partial charge in [-0.05, 0) is 48.9 Å². The van der Waals surface area contributed by atoms with Gasteiger partial charge in [-0.25, -0.2) is 12.8 Å². The fourth-order valence-electron chi connectivity index (χ4n) is 1.92. The Morgan fingerprint density at radius 1 is 1.13 bits per heavy atom. The van der Waals surface area contributed by atoms with Crippen molar-refractivity contribution in [2.75, 3.05) is 0 Å². The summed E-state index contributed by atoms with van der Waals surface area (Å²) in [5, 5.41) is 0. The van der Waals surface area contributed by atoms with Crippen LogP contribution < -0.4 is 0 Å². The molecule has 5 heteroatoms. The number of fused-ring (bicyclic) bond motifs is 1.